The molecule has 8 aromatic rings. The number of hydrogen-bond donors (Lipinski definition) is 14. The first kappa shape index (κ1) is 106. The maximum Gasteiger partial charge on any atom is 0.456 e. The summed E-state index contributed by atoms with van der Waals surface area (Å²) in [5, 5.41) is 103. The quantitative estimate of drug-likeness (QED) is 0.0158. The second-order valence-electron chi connectivity index (χ2n) is 32.5. The molecule has 0 saturated heterocycles. The van der Waals surface area contributed by atoms with Gasteiger partial charge in [0.15, 0.2) is 0 Å². The molecule has 1 aliphatic rings. The summed E-state index contributed by atoms with van der Waals surface area (Å²) in [6, 6.07) is 30.6. The molecule has 0 bridgehead atoms. The second-order valence-corrected chi connectivity index (χ2v) is 34.3. The van der Waals surface area contributed by atoms with Crippen molar-refractivity contribution < 1.29 is 121 Å². The number of aliphatic carboxylic acids is 8. The van der Waals surface area contributed by atoms with Gasteiger partial charge in [-0.25, -0.2) is 4.79 Å². The number of ether oxygens (including phenoxy) is 2. The van der Waals surface area contributed by atoms with Crippen molar-refractivity contribution in [3.63, 3.8) is 0 Å². The zero-order valence-corrected chi connectivity index (χ0v) is 73.7. The zero-order valence-electron chi connectivity index (χ0n) is 71.4. The number of alkyl halides is 3. The maximum atomic E-state index is 13.2. The van der Waals surface area contributed by atoms with Crippen molar-refractivity contribution in [2.24, 2.45) is 29.6 Å². The molecule has 8 atom stereocenters. The Bertz CT molecular complexity index is 4950. The maximum absolute atomic E-state index is 13.2. The number of carboxylic acids is 9. The van der Waals surface area contributed by atoms with E-state index in [1.807, 2.05) is 77.9 Å². The Labute approximate surface area is 749 Å². The molecule has 3 heterocycles. The van der Waals surface area contributed by atoms with Gasteiger partial charge in [-0.15, -0.1) is 11.3 Å². The molecule has 14 N–H and O–H groups in total. The van der Waals surface area contributed by atoms with Crippen LogP contribution in [-0.2, 0) is 83.7 Å². The standard InChI is InChI=1S/C24H27NO5S.C23H33F3N2O5.C23H28N2O6.C21H24Cl2N2O6.CH4/c1-15(2)11-20(23(26)27)25-21(24(28)29)12-16-7-9-18(10-8-16)30-13-17-14-31-22-6-4-3-5-19(17)22;1-14(2)12-17(21(30)31)27-18(22(32)33)13-16-8-9-19(20(29)23(24,25)26)28(16)11-10-15-6-4-3-5-7-15;1-14(2)12-18(22(27)28)25-19(23(29)30)13-15-8-10-16(11-9-15)24-21(26)17-6-4-5-7-20(17)31-3;1-11(2)5-16(19(26)27)24-17(20(28)29)9-15-3-4-18(21(30)31)25(15)10-12-6-13(22)8-14(23)7-12;/h3-10,14-15,20-21,25H,11-13H2,1-2H3,(H,26,27)(H,28,29);8-9,14-15,17-18,27H,3-7,10-13H2,1-2H3,(H,30,31)(H,32,33);4-11,14,18-19,25H,12-13H2,1-3H3,(H,24,26)(H,27,28)(H,29,30);3-4,6-8,11,16-17,24H,5,9-10H2,1-2H3,(H,26,27)(H,28,29)(H,30,31);1H4/t20-,21-;17-,18-;18-,19-;16-,17-;/m0000./s1. The number of fused-ring (bicyclic) bond motifs is 1. The van der Waals surface area contributed by atoms with Crippen LogP contribution in [0.2, 0.25) is 10.0 Å². The van der Waals surface area contributed by atoms with Gasteiger partial charge in [0.25, 0.3) is 11.7 Å². The Balaban J connectivity index is 0.000000300. The SMILES string of the molecule is C.CC(C)C[C@H](N[C@@H](Cc1ccc(C(=O)C(F)(F)F)n1CCC1CCCCC1)C(=O)O)C(=O)O.CC(C)C[C@H](N[C@@H](Cc1ccc(C(=O)O)n1Cc1cc(Cl)cc(Cl)c1)C(=O)O)C(=O)O.CC(C)C[C@H](N[C@@H](Cc1ccc(OCc2csc3ccccc23)cc1)C(=O)O)C(=O)O.COc1ccccc1C(=O)Nc1ccc(C[C@H](N[C@@H](CC(C)C)C(=O)O)C(=O)O)cc1. The first-order valence-corrected chi connectivity index (χ1v) is 42.8. The normalized spacial score (nSPS) is 14.0. The van der Waals surface area contributed by atoms with Gasteiger partial charge >= 0.3 is 59.9 Å². The van der Waals surface area contributed by atoms with Crippen LogP contribution in [0.1, 0.15) is 192 Å². The van der Waals surface area contributed by atoms with Gasteiger partial charge < -0.3 is 69.9 Å². The van der Waals surface area contributed by atoms with Gasteiger partial charge in [-0.3, -0.25) is 69.2 Å². The van der Waals surface area contributed by atoms with Gasteiger partial charge in [-0.2, -0.15) is 13.2 Å². The molecule has 0 unspecified atom stereocenters. The molecule has 127 heavy (non-hydrogen) atoms. The summed E-state index contributed by atoms with van der Waals surface area (Å²) in [5.74, 6) is -10.9. The molecule has 1 aliphatic carbocycles. The Morgan fingerprint density at radius 1 is 0.480 bits per heavy atom. The van der Waals surface area contributed by atoms with Gasteiger partial charge in [0, 0.05) is 63.3 Å². The Morgan fingerprint density at radius 3 is 1.31 bits per heavy atom. The van der Waals surface area contributed by atoms with Crippen molar-refractivity contribution in [3.05, 3.63) is 206 Å². The number of ketones is 1. The molecule has 29 nitrogen and oxygen atoms in total. The van der Waals surface area contributed by atoms with E-state index in [1.54, 1.807) is 91.9 Å². The number of nitrogens with one attached hydrogen (secondary N) is 5. The summed E-state index contributed by atoms with van der Waals surface area (Å²) in [4.78, 5) is 129. The predicted octanol–water partition coefficient (Wildman–Crippen LogP) is 16.1. The molecule has 0 aliphatic heterocycles. The lowest BCUT2D eigenvalue weighted by Crippen LogP contribution is -2.49. The number of para-hydroxylation sites is 1. The van der Waals surface area contributed by atoms with Gasteiger partial charge in [0.05, 0.1) is 18.4 Å². The summed E-state index contributed by atoms with van der Waals surface area (Å²) >= 11 is 13.8. The van der Waals surface area contributed by atoms with Crippen LogP contribution in [0.15, 0.2) is 145 Å². The van der Waals surface area contributed by atoms with Crippen LogP contribution in [-0.4, -0.2) is 182 Å². The second kappa shape index (κ2) is 51.6. The lowest BCUT2D eigenvalue weighted by atomic mass is 9.87. The van der Waals surface area contributed by atoms with Gasteiger partial charge in [0.2, 0.25) is 0 Å². The Hall–Kier alpha value is -11.2. The number of methoxy groups -OCH3 is 1. The molecule has 1 fully saturated rings. The summed E-state index contributed by atoms with van der Waals surface area (Å²) in [7, 11) is 1.49. The van der Waals surface area contributed by atoms with Crippen molar-refractivity contribution in [1.82, 2.24) is 30.4 Å². The first-order valence-electron chi connectivity index (χ1n) is 41.1. The van der Waals surface area contributed by atoms with Crippen molar-refractivity contribution in [3.8, 4) is 11.5 Å². The number of nitrogens with zero attached hydrogens (tertiary/aromatic N) is 2. The Morgan fingerprint density at radius 2 is 0.890 bits per heavy atom. The summed E-state index contributed by atoms with van der Waals surface area (Å²) in [6.07, 6.45) is 1.85. The number of aromatic nitrogens is 2. The topological polar surface area (TPSA) is 458 Å². The molecule has 0 radical (unpaired) electrons. The highest BCUT2D eigenvalue weighted by atomic mass is 35.5. The minimum atomic E-state index is -5.05. The highest BCUT2D eigenvalue weighted by molar-refractivity contribution is 7.17. The summed E-state index contributed by atoms with van der Waals surface area (Å²) in [6.45, 7) is 15.6. The highest BCUT2D eigenvalue weighted by Gasteiger charge is 2.42. The average molecular weight is 1830 g/mol. The number of carbonyl (C=O) groups is 11. The zero-order chi connectivity index (χ0) is 93.4. The third kappa shape index (κ3) is 35.2. The molecular weight excluding hydrogens is 1720 g/mol. The van der Waals surface area contributed by atoms with E-state index in [9.17, 15) is 112 Å². The van der Waals surface area contributed by atoms with Crippen molar-refractivity contribution >= 4 is 116 Å². The Kier molecular flexibility index (Phi) is 43.2. The molecule has 3 aromatic heterocycles. The number of carbonyl (C=O) groups excluding carboxylic acids is 2. The van der Waals surface area contributed by atoms with Crippen LogP contribution in [0.5, 0.6) is 11.5 Å². The lowest BCUT2D eigenvalue weighted by molar-refractivity contribution is -0.144. The number of benzene rings is 5. The summed E-state index contributed by atoms with van der Waals surface area (Å²) < 4.78 is 54.5. The van der Waals surface area contributed by atoms with E-state index in [4.69, 9.17) is 32.7 Å². The van der Waals surface area contributed by atoms with E-state index in [0.29, 0.717) is 81.4 Å². The first-order chi connectivity index (χ1) is 59.4. The molecular formula is C92H116Cl2F3N7O22S. The minimum Gasteiger partial charge on any atom is -0.496 e. The van der Waals surface area contributed by atoms with Crippen LogP contribution in [0.4, 0.5) is 18.9 Å². The fourth-order valence-corrected chi connectivity index (χ4v) is 15.9. The molecule has 692 valence electrons. The predicted molar refractivity (Wildman–Crippen MR) is 476 cm³/mol. The molecule has 9 rings (SSSR count). The smallest absolute Gasteiger partial charge is 0.456 e. The van der Waals surface area contributed by atoms with Crippen molar-refractivity contribution in [2.45, 2.75) is 227 Å². The molecule has 1 amide bonds. The third-order valence-corrected chi connectivity index (χ3v) is 22.0. The van der Waals surface area contributed by atoms with Crippen molar-refractivity contribution in [2.75, 3.05) is 12.4 Å². The fourth-order valence-electron chi connectivity index (χ4n) is 14.4. The van der Waals surface area contributed by atoms with Gasteiger partial charge in [-0.1, -0.05) is 173 Å². The van der Waals surface area contributed by atoms with E-state index in [0.717, 1.165) is 49.3 Å². The minimum absolute atomic E-state index is 0. The molecule has 0 spiro atoms. The lowest BCUT2D eigenvalue weighted by Gasteiger charge is -2.24. The van der Waals surface area contributed by atoms with E-state index >= 15 is 0 Å². The van der Waals surface area contributed by atoms with E-state index < -0.39 is 120 Å². The number of amides is 1. The van der Waals surface area contributed by atoms with Crippen molar-refractivity contribution in [1.29, 1.82) is 0 Å². The number of rotatable bonds is 45. The summed E-state index contributed by atoms with van der Waals surface area (Å²) in [5.41, 5.74) is 4.32. The number of carboxylic acid groups (broad SMARTS) is 9. The number of hydrogen-bond acceptors (Lipinski definition) is 18. The van der Waals surface area contributed by atoms with Crippen LogP contribution in [0.3, 0.4) is 0 Å². The monoisotopic (exact) mass is 1830 g/mol. The molecule has 5 aromatic carbocycles. The third-order valence-electron chi connectivity index (χ3n) is 20.6. The van der Waals surface area contributed by atoms with Crippen LogP contribution >= 0.6 is 34.5 Å². The van der Waals surface area contributed by atoms with Gasteiger partial charge in [-0.05, 0) is 187 Å². The number of thiophene rings is 1. The van der Waals surface area contributed by atoms with Crippen LogP contribution in [0, 0.1) is 29.6 Å². The van der Waals surface area contributed by atoms with Crippen LogP contribution in [0.25, 0.3) is 10.1 Å². The number of anilines is 1. The molecule has 1 saturated carbocycles. The number of Topliss-reactive ketones (excluding diaryl/α,β-unsaturated/α-hetero) is 1. The van der Waals surface area contributed by atoms with E-state index in [2.05, 4.69) is 44.1 Å². The van der Waals surface area contributed by atoms with E-state index in [1.165, 1.54) is 44.5 Å². The fraction of sp³-hybridized carbons (Fsp3) is 0.446. The average Bonchev–Trinajstić information content (AvgIpc) is 1.68. The number of halogens is 5. The highest BCUT2D eigenvalue weighted by Crippen LogP contribution is 2.32. The number of aromatic carboxylic acids is 1. The molecule has 35 heteroatoms. The van der Waals surface area contributed by atoms with Crippen LogP contribution < -0.4 is 36.1 Å². The van der Waals surface area contributed by atoms with E-state index in [-0.39, 0.29) is 100 Å². The van der Waals surface area contributed by atoms with Gasteiger partial charge in [0.1, 0.15) is 72.1 Å². The largest absolute Gasteiger partial charge is 0.496 e.